The van der Waals surface area contributed by atoms with Gasteiger partial charge in [-0.1, -0.05) is 0 Å². The summed E-state index contributed by atoms with van der Waals surface area (Å²) in [6, 6.07) is 2.35. The number of benzene rings is 1. The van der Waals surface area contributed by atoms with Crippen LogP contribution in [0.15, 0.2) is 24.5 Å². The van der Waals surface area contributed by atoms with E-state index in [1.54, 1.807) is 20.9 Å². The van der Waals surface area contributed by atoms with Gasteiger partial charge in [-0.2, -0.15) is 9.97 Å². The molecule has 4 aromatic rings. The number of aromatic amines is 1. The van der Waals surface area contributed by atoms with Crippen molar-refractivity contribution in [2.75, 3.05) is 37.2 Å². The number of amides is 1. The first-order valence-corrected chi connectivity index (χ1v) is 13.9. The summed E-state index contributed by atoms with van der Waals surface area (Å²) in [5, 5.41) is 3.80. The van der Waals surface area contributed by atoms with Gasteiger partial charge in [-0.25, -0.2) is 19.2 Å². The molecular formula is C28H32FN9O5. The molecule has 0 unspecified atom stereocenters. The third-order valence-corrected chi connectivity index (χ3v) is 8.10. The standard InChI is InChI=1S/C28H32FN9O5/c1-13(31-3)26(39)41-12-42-28(40)37(4)21-7-16(29)6-19-22-24(34-23(19)21)35-27(43-18-9-32-14(2)33-10-18)36-25(22)38-11-15-5-17(38)8-20(15)30/h6-7,9-10,13,15,17,20,31H,5,8,11-12,30H2,1-4H3,(H,34,35,36)/t13-,15+,17+,20+/m0/s1. The summed E-state index contributed by atoms with van der Waals surface area (Å²) in [4.78, 5) is 49.0. The second kappa shape index (κ2) is 11.2. The second-order valence-corrected chi connectivity index (χ2v) is 10.9. The minimum Gasteiger partial charge on any atom is -0.427 e. The number of fused-ring (bicyclic) bond motifs is 5. The van der Waals surface area contributed by atoms with Crippen molar-refractivity contribution in [3.05, 3.63) is 36.2 Å². The highest BCUT2D eigenvalue weighted by molar-refractivity contribution is 6.16. The number of nitrogens with two attached hydrogens (primary N) is 1. The number of halogens is 1. The molecule has 4 atom stereocenters. The molecule has 3 aromatic heterocycles. The fraction of sp³-hybridized carbons (Fsp3) is 0.429. The van der Waals surface area contributed by atoms with Crippen LogP contribution in [-0.2, 0) is 14.3 Å². The van der Waals surface area contributed by atoms with Gasteiger partial charge in [0.05, 0.1) is 29.0 Å². The fourth-order valence-corrected chi connectivity index (χ4v) is 5.69. The molecule has 15 heteroatoms. The third kappa shape index (κ3) is 5.36. The topological polar surface area (TPSA) is 174 Å². The Balaban J connectivity index is 1.39. The number of esters is 1. The van der Waals surface area contributed by atoms with E-state index in [2.05, 4.69) is 30.2 Å². The van der Waals surface area contributed by atoms with E-state index in [0.717, 1.165) is 17.7 Å². The van der Waals surface area contributed by atoms with Gasteiger partial charge in [-0.3, -0.25) is 9.69 Å². The Morgan fingerprint density at radius 3 is 2.67 bits per heavy atom. The summed E-state index contributed by atoms with van der Waals surface area (Å²) in [6.45, 7) is 3.47. The van der Waals surface area contributed by atoms with Gasteiger partial charge in [0.15, 0.2) is 5.75 Å². The molecule has 1 aliphatic carbocycles. The summed E-state index contributed by atoms with van der Waals surface area (Å²) < 4.78 is 31.2. The van der Waals surface area contributed by atoms with Crippen molar-refractivity contribution in [2.24, 2.45) is 11.7 Å². The number of piperidine rings is 1. The van der Waals surface area contributed by atoms with Crippen LogP contribution >= 0.6 is 0 Å². The summed E-state index contributed by atoms with van der Waals surface area (Å²) in [6.07, 6.45) is 3.95. The number of carbonyl (C=O) groups excluding carboxylic acids is 2. The molecule has 4 heterocycles. The van der Waals surface area contributed by atoms with Crippen molar-refractivity contribution in [2.45, 2.75) is 44.8 Å². The maximum atomic E-state index is 15.1. The molecule has 2 aliphatic rings. The number of anilines is 2. The molecule has 1 aliphatic heterocycles. The van der Waals surface area contributed by atoms with Crippen molar-refractivity contribution < 1.29 is 28.2 Å². The minimum absolute atomic E-state index is 0.0565. The first-order valence-electron chi connectivity index (χ1n) is 13.9. The highest BCUT2D eigenvalue weighted by atomic mass is 19.1. The van der Waals surface area contributed by atoms with E-state index < -0.39 is 30.7 Å². The zero-order valence-corrected chi connectivity index (χ0v) is 24.1. The van der Waals surface area contributed by atoms with Crippen LogP contribution in [0.2, 0.25) is 0 Å². The van der Waals surface area contributed by atoms with Gasteiger partial charge in [0.1, 0.15) is 29.1 Å². The van der Waals surface area contributed by atoms with Crippen molar-refractivity contribution in [3.63, 3.8) is 0 Å². The van der Waals surface area contributed by atoms with Gasteiger partial charge in [-0.05, 0) is 51.8 Å². The fourth-order valence-electron chi connectivity index (χ4n) is 5.69. The summed E-state index contributed by atoms with van der Waals surface area (Å²) in [5.41, 5.74) is 7.34. The Hall–Kier alpha value is -4.63. The van der Waals surface area contributed by atoms with Crippen molar-refractivity contribution in [3.8, 4) is 11.8 Å². The molecular weight excluding hydrogens is 561 g/mol. The molecule has 1 aromatic carbocycles. The van der Waals surface area contributed by atoms with Crippen LogP contribution in [0.5, 0.6) is 11.8 Å². The maximum Gasteiger partial charge on any atom is 0.416 e. The average Bonchev–Trinajstić information content (AvgIpc) is 3.68. The lowest BCUT2D eigenvalue weighted by Gasteiger charge is -2.31. The number of carbonyl (C=O) groups is 2. The lowest BCUT2D eigenvalue weighted by atomic mass is 10.0. The lowest BCUT2D eigenvalue weighted by Crippen LogP contribution is -2.41. The molecule has 0 spiro atoms. The molecule has 1 saturated heterocycles. The molecule has 43 heavy (non-hydrogen) atoms. The smallest absolute Gasteiger partial charge is 0.416 e. The Morgan fingerprint density at radius 2 is 2.00 bits per heavy atom. The van der Waals surface area contributed by atoms with Gasteiger partial charge < -0.3 is 35.1 Å². The highest BCUT2D eigenvalue weighted by Crippen LogP contribution is 2.44. The normalized spacial score (nSPS) is 20.0. The molecule has 14 nitrogen and oxygen atoms in total. The number of aryl methyl sites for hydroxylation is 1. The number of rotatable bonds is 8. The van der Waals surface area contributed by atoms with Crippen molar-refractivity contribution in [1.29, 1.82) is 0 Å². The minimum atomic E-state index is -0.851. The van der Waals surface area contributed by atoms with E-state index in [1.807, 2.05) is 0 Å². The predicted molar refractivity (Wildman–Crippen MR) is 154 cm³/mol. The number of nitrogens with zero attached hydrogens (tertiary/aromatic N) is 6. The number of hydrogen-bond acceptors (Lipinski definition) is 12. The van der Waals surface area contributed by atoms with Crippen LogP contribution in [0.3, 0.4) is 0 Å². The van der Waals surface area contributed by atoms with Crippen LogP contribution in [0.4, 0.5) is 20.7 Å². The molecule has 226 valence electrons. The maximum absolute atomic E-state index is 15.1. The molecule has 2 bridgehead atoms. The molecule has 1 saturated carbocycles. The number of H-pyrrole nitrogens is 1. The van der Waals surface area contributed by atoms with Crippen molar-refractivity contribution in [1.82, 2.24) is 30.2 Å². The Bertz CT molecular complexity index is 1700. The third-order valence-electron chi connectivity index (χ3n) is 8.10. The van der Waals surface area contributed by atoms with E-state index in [4.69, 9.17) is 24.9 Å². The molecule has 2 fully saturated rings. The van der Waals surface area contributed by atoms with Crippen LogP contribution in [-0.4, -0.2) is 82.5 Å². The van der Waals surface area contributed by atoms with Crippen LogP contribution in [0.25, 0.3) is 21.9 Å². The number of likely N-dealkylation sites (N-methyl/N-ethyl adjacent to an activating group) is 1. The zero-order chi connectivity index (χ0) is 30.4. The predicted octanol–water partition coefficient (Wildman–Crippen LogP) is 2.75. The average molecular weight is 594 g/mol. The molecule has 4 N–H and O–H groups in total. The number of ether oxygens (including phenoxy) is 3. The van der Waals surface area contributed by atoms with E-state index in [0.29, 0.717) is 51.8 Å². The summed E-state index contributed by atoms with van der Waals surface area (Å²) in [7, 11) is 3.03. The Morgan fingerprint density at radius 1 is 1.23 bits per heavy atom. The highest BCUT2D eigenvalue weighted by Gasteiger charge is 2.44. The monoisotopic (exact) mass is 593 g/mol. The molecule has 6 rings (SSSR count). The van der Waals surface area contributed by atoms with Gasteiger partial charge in [-0.15, -0.1) is 0 Å². The largest absolute Gasteiger partial charge is 0.427 e. The van der Waals surface area contributed by atoms with E-state index in [9.17, 15) is 9.59 Å². The quantitative estimate of drug-likeness (QED) is 0.202. The van der Waals surface area contributed by atoms with Gasteiger partial charge in [0.25, 0.3) is 0 Å². The van der Waals surface area contributed by atoms with Gasteiger partial charge in [0, 0.05) is 31.1 Å². The number of aromatic nitrogens is 5. The van der Waals surface area contributed by atoms with E-state index in [1.165, 1.54) is 31.6 Å². The lowest BCUT2D eigenvalue weighted by molar-refractivity contribution is -0.153. The molecule has 1 amide bonds. The van der Waals surface area contributed by atoms with Crippen LogP contribution in [0.1, 0.15) is 25.6 Å². The van der Waals surface area contributed by atoms with Crippen LogP contribution in [0, 0.1) is 18.7 Å². The van der Waals surface area contributed by atoms with Crippen molar-refractivity contribution >= 4 is 45.5 Å². The summed E-state index contributed by atoms with van der Waals surface area (Å²) in [5.74, 6) is 0.674. The first-order chi connectivity index (χ1) is 20.6. The zero-order valence-electron chi connectivity index (χ0n) is 24.1. The SMILES string of the molecule is CN[C@@H](C)C(=O)OCOC(=O)N(C)c1cc(F)cc2c1[nH]c1nc(Oc3cnc(C)nc3)nc(N3C[C@H]4C[C@@H]3C[C@H]4N)c12. The first kappa shape index (κ1) is 28.5. The second-order valence-electron chi connectivity index (χ2n) is 10.9. The Labute approximate surface area is 245 Å². The van der Waals surface area contributed by atoms with E-state index in [-0.39, 0.29) is 23.8 Å². The van der Waals surface area contributed by atoms with E-state index >= 15 is 4.39 Å². The Kier molecular flexibility index (Phi) is 7.43. The van der Waals surface area contributed by atoms with Crippen LogP contribution < -0.4 is 25.6 Å². The summed E-state index contributed by atoms with van der Waals surface area (Å²) >= 11 is 0. The number of hydrogen-bond donors (Lipinski definition) is 3. The molecule has 0 radical (unpaired) electrons. The number of nitrogens with one attached hydrogen (secondary N) is 2. The van der Waals surface area contributed by atoms with Gasteiger partial charge >= 0.3 is 18.1 Å². The van der Waals surface area contributed by atoms with Gasteiger partial charge in [0.2, 0.25) is 6.79 Å².